The first kappa shape index (κ1) is 17.2. The van der Waals surface area contributed by atoms with Gasteiger partial charge in [-0.05, 0) is 50.1 Å². The second-order valence-corrected chi connectivity index (χ2v) is 6.57. The molecule has 1 fully saturated rings. The third kappa shape index (κ3) is 3.28. The Balaban J connectivity index is 1.89. The van der Waals surface area contributed by atoms with Gasteiger partial charge in [0.2, 0.25) is 0 Å². The van der Waals surface area contributed by atoms with Crippen LogP contribution in [0.5, 0.6) is 0 Å². The number of aromatic nitrogens is 2. The monoisotopic (exact) mass is 343 g/mol. The van der Waals surface area contributed by atoms with E-state index in [-0.39, 0.29) is 18.7 Å². The van der Waals surface area contributed by atoms with Crippen LogP contribution in [0.4, 0.5) is 0 Å². The number of hydrogen-bond donors (Lipinski definition) is 2. The predicted octanol–water partition coefficient (Wildman–Crippen LogP) is 1.77. The van der Waals surface area contributed by atoms with Crippen LogP contribution in [-0.2, 0) is 9.53 Å². The largest absolute Gasteiger partial charge is 0.479 e. The molecule has 1 unspecified atom stereocenters. The number of benzene rings is 1. The summed E-state index contributed by atoms with van der Waals surface area (Å²) in [6.45, 7) is 6.12. The van der Waals surface area contributed by atoms with E-state index in [4.69, 9.17) is 4.74 Å². The number of hydrogen-bond acceptors (Lipinski definition) is 4. The van der Waals surface area contributed by atoms with Crippen molar-refractivity contribution in [2.24, 2.45) is 0 Å². The number of carboxylic acid groups (broad SMARTS) is 1. The van der Waals surface area contributed by atoms with Gasteiger partial charge in [0.25, 0.3) is 5.91 Å². The average molecular weight is 343 g/mol. The number of nitrogens with zero attached hydrogens (tertiary/aromatic N) is 2. The van der Waals surface area contributed by atoms with Crippen LogP contribution >= 0.6 is 0 Å². The molecule has 0 saturated carbocycles. The Kier molecular flexibility index (Phi) is 4.34. The molecule has 25 heavy (non-hydrogen) atoms. The summed E-state index contributed by atoms with van der Waals surface area (Å²) >= 11 is 0. The Morgan fingerprint density at radius 1 is 1.20 bits per heavy atom. The second-order valence-electron chi connectivity index (χ2n) is 6.57. The summed E-state index contributed by atoms with van der Waals surface area (Å²) in [5.74, 6) is -1.61. The van der Waals surface area contributed by atoms with E-state index in [2.05, 4.69) is 16.5 Å². The molecule has 2 aromatic rings. The van der Waals surface area contributed by atoms with Crippen molar-refractivity contribution in [2.75, 3.05) is 13.2 Å². The van der Waals surface area contributed by atoms with E-state index in [0.717, 1.165) is 22.5 Å². The van der Waals surface area contributed by atoms with Crippen molar-refractivity contribution in [3.63, 3.8) is 0 Å². The van der Waals surface area contributed by atoms with Crippen LogP contribution in [0.15, 0.2) is 24.3 Å². The normalized spacial score (nSPS) is 19.8. The molecule has 132 valence electrons. The number of nitrogens with one attached hydrogen (secondary N) is 1. The van der Waals surface area contributed by atoms with Gasteiger partial charge in [-0.1, -0.05) is 6.07 Å². The average Bonchev–Trinajstić information content (AvgIpc) is 3.14. The van der Waals surface area contributed by atoms with E-state index in [0.29, 0.717) is 6.61 Å². The minimum Gasteiger partial charge on any atom is -0.479 e. The summed E-state index contributed by atoms with van der Waals surface area (Å²) in [6, 6.07) is 7.68. The standard InChI is InChI=1S/C18H21N3O4/c1-11-6-12(2)8-14(7-11)21-13(3)9-15(20-21)16(22)19-18(17(23)24)4-5-25-10-18/h6-9H,4-5,10H2,1-3H3,(H,19,22)(H,23,24). The molecule has 1 aliphatic heterocycles. The lowest BCUT2D eigenvalue weighted by molar-refractivity contribution is -0.144. The molecule has 7 nitrogen and oxygen atoms in total. The van der Waals surface area contributed by atoms with Crippen molar-refractivity contribution in [1.82, 2.24) is 15.1 Å². The maximum absolute atomic E-state index is 12.5. The van der Waals surface area contributed by atoms with E-state index < -0.39 is 17.4 Å². The fourth-order valence-corrected chi connectivity index (χ4v) is 3.09. The molecule has 2 N–H and O–H groups in total. The molecule has 0 bridgehead atoms. The molecule has 1 saturated heterocycles. The molecule has 1 amide bonds. The first-order valence-corrected chi connectivity index (χ1v) is 8.10. The summed E-state index contributed by atoms with van der Waals surface area (Å²) in [5.41, 5.74) is 2.67. The molecule has 1 aromatic heterocycles. The Morgan fingerprint density at radius 2 is 1.88 bits per heavy atom. The second kappa shape index (κ2) is 6.33. The third-order valence-electron chi connectivity index (χ3n) is 4.35. The molecule has 3 rings (SSSR count). The zero-order valence-corrected chi connectivity index (χ0v) is 14.5. The zero-order chi connectivity index (χ0) is 18.2. The van der Waals surface area contributed by atoms with Gasteiger partial charge >= 0.3 is 5.97 Å². The van der Waals surface area contributed by atoms with Crippen molar-refractivity contribution in [1.29, 1.82) is 0 Å². The van der Waals surface area contributed by atoms with Crippen LogP contribution in [0.25, 0.3) is 5.69 Å². The molecule has 0 spiro atoms. The number of carbonyl (C=O) groups excluding carboxylic acids is 1. The van der Waals surface area contributed by atoms with Gasteiger partial charge in [0.05, 0.1) is 12.3 Å². The molecule has 7 heteroatoms. The summed E-state index contributed by atoms with van der Waals surface area (Å²) in [7, 11) is 0. The van der Waals surface area contributed by atoms with Crippen LogP contribution in [-0.4, -0.2) is 45.5 Å². The summed E-state index contributed by atoms with van der Waals surface area (Å²) < 4.78 is 6.85. The number of aliphatic carboxylic acids is 1. The van der Waals surface area contributed by atoms with Gasteiger partial charge in [-0.2, -0.15) is 5.10 Å². The number of amides is 1. The highest BCUT2D eigenvalue weighted by atomic mass is 16.5. The van der Waals surface area contributed by atoms with Crippen LogP contribution in [0.3, 0.4) is 0 Å². The Hall–Kier alpha value is -2.67. The minimum absolute atomic E-state index is 0.0369. The number of ether oxygens (including phenoxy) is 1. The zero-order valence-electron chi connectivity index (χ0n) is 14.5. The highest BCUT2D eigenvalue weighted by Crippen LogP contribution is 2.21. The topological polar surface area (TPSA) is 93.5 Å². The lowest BCUT2D eigenvalue weighted by atomic mass is 9.99. The number of rotatable bonds is 4. The van der Waals surface area contributed by atoms with Gasteiger partial charge in [-0.25, -0.2) is 9.48 Å². The fraction of sp³-hybridized carbons (Fsp3) is 0.389. The van der Waals surface area contributed by atoms with Gasteiger partial charge in [0, 0.05) is 18.7 Å². The Morgan fingerprint density at radius 3 is 2.44 bits per heavy atom. The van der Waals surface area contributed by atoms with Crippen LogP contribution in [0.1, 0.15) is 33.7 Å². The smallest absolute Gasteiger partial charge is 0.331 e. The van der Waals surface area contributed by atoms with Crippen molar-refractivity contribution < 1.29 is 19.4 Å². The van der Waals surface area contributed by atoms with Gasteiger partial charge in [0.1, 0.15) is 0 Å². The van der Waals surface area contributed by atoms with Crippen LogP contribution < -0.4 is 5.32 Å². The molecular weight excluding hydrogens is 322 g/mol. The fourth-order valence-electron chi connectivity index (χ4n) is 3.09. The maximum Gasteiger partial charge on any atom is 0.331 e. The summed E-state index contributed by atoms with van der Waals surface area (Å²) in [6.07, 6.45) is 0.241. The summed E-state index contributed by atoms with van der Waals surface area (Å²) in [5, 5.41) is 16.4. The first-order valence-electron chi connectivity index (χ1n) is 8.10. The van der Waals surface area contributed by atoms with Gasteiger partial charge in [-0.3, -0.25) is 4.79 Å². The molecule has 1 atom stereocenters. The predicted molar refractivity (Wildman–Crippen MR) is 91.0 cm³/mol. The van der Waals surface area contributed by atoms with E-state index in [1.54, 1.807) is 10.7 Å². The van der Waals surface area contributed by atoms with E-state index >= 15 is 0 Å². The highest BCUT2D eigenvalue weighted by Gasteiger charge is 2.44. The van der Waals surface area contributed by atoms with E-state index in [1.807, 2.05) is 32.9 Å². The molecule has 1 aromatic carbocycles. The molecule has 0 radical (unpaired) electrons. The lowest BCUT2D eigenvalue weighted by Crippen LogP contribution is -2.55. The molecular formula is C18H21N3O4. The van der Waals surface area contributed by atoms with E-state index in [1.165, 1.54) is 0 Å². The molecule has 1 aliphatic rings. The summed E-state index contributed by atoms with van der Waals surface area (Å²) in [4.78, 5) is 24.1. The molecule has 0 aliphatic carbocycles. The Labute approximate surface area is 145 Å². The number of aryl methyl sites for hydroxylation is 3. The minimum atomic E-state index is -1.38. The van der Waals surface area contributed by atoms with Crippen LogP contribution in [0.2, 0.25) is 0 Å². The Bertz CT molecular complexity index is 815. The van der Waals surface area contributed by atoms with Crippen molar-refractivity contribution >= 4 is 11.9 Å². The van der Waals surface area contributed by atoms with Crippen molar-refractivity contribution in [3.8, 4) is 5.69 Å². The van der Waals surface area contributed by atoms with Crippen molar-refractivity contribution in [3.05, 3.63) is 46.8 Å². The van der Waals surface area contributed by atoms with Gasteiger partial charge in [-0.15, -0.1) is 0 Å². The third-order valence-corrected chi connectivity index (χ3v) is 4.35. The maximum atomic E-state index is 12.5. The first-order chi connectivity index (χ1) is 11.8. The lowest BCUT2D eigenvalue weighted by Gasteiger charge is -2.22. The van der Waals surface area contributed by atoms with Gasteiger partial charge in [0.15, 0.2) is 11.2 Å². The van der Waals surface area contributed by atoms with Gasteiger partial charge < -0.3 is 15.2 Å². The van der Waals surface area contributed by atoms with E-state index in [9.17, 15) is 14.7 Å². The highest BCUT2D eigenvalue weighted by molar-refractivity contribution is 5.96. The van der Waals surface area contributed by atoms with Crippen molar-refractivity contribution in [2.45, 2.75) is 32.7 Å². The number of carboxylic acids is 1. The molecule has 2 heterocycles. The van der Waals surface area contributed by atoms with Crippen LogP contribution in [0, 0.1) is 20.8 Å². The SMILES string of the molecule is Cc1cc(C)cc(-n2nc(C(=O)NC3(C(=O)O)CCOC3)cc2C)c1. The number of carbonyl (C=O) groups is 2. The quantitative estimate of drug-likeness (QED) is 0.882.